The number of thioether (sulfide) groups is 1. The lowest BCUT2D eigenvalue weighted by molar-refractivity contribution is 0.0768. The second-order valence-electron chi connectivity index (χ2n) is 5.27. The molecule has 1 N–H and O–H groups in total. The van der Waals surface area contributed by atoms with Crippen molar-refractivity contribution in [3.8, 4) is 0 Å². The summed E-state index contributed by atoms with van der Waals surface area (Å²) in [7, 11) is 0. The molecule has 2 rings (SSSR count). The summed E-state index contributed by atoms with van der Waals surface area (Å²) in [5.41, 5.74) is 1.78. The summed E-state index contributed by atoms with van der Waals surface area (Å²) in [5.74, 6) is 3.16. The van der Waals surface area contributed by atoms with Gasteiger partial charge in [0.2, 0.25) is 0 Å². The van der Waals surface area contributed by atoms with Crippen molar-refractivity contribution in [1.82, 2.24) is 9.88 Å². The van der Waals surface area contributed by atoms with E-state index in [1.807, 2.05) is 35.7 Å². The van der Waals surface area contributed by atoms with Crippen LogP contribution in [0.4, 0.5) is 5.82 Å². The van der Waals surface area contributed by atoms with Crippen LogP contribution in [0, 0.1) is 0 Å². The Labute approximate surface area is 131 Å². The Morgan fingerprint density at radius 1 is 1.33 bits per heavy atom. The maximum Gasteiger partial charge on any atom is 0.254 e. The zero-order valence-corrected chi connectivity index (χ0v) is 13.8. The fourth-order valence-electron chi connectivity index (χ4n) is 2.50. The lowest BCUT2D eigenvalue weighted by Crippen LogP contribution is -2.33. The molecule has 5 heteroatoms. The predicted molar refractivity (Wildman–Crippen MR) is 90.2 cm³/mol. The van der Waals surface area contributed by atoms with Crippen molar-refractivity contribution in [3.05, 3.63) is 23.4 Å². The molecule has 21 heavy (non-hydrogen) atoms. The maximum atomic E-state index is 12.7. The van der Waals surface area contributed by atoms with Crippen molar-refractivity contribution in [2.24, 2.45) is 0 Å². The summed E-state index contributed by atoms with van der Waals surface area (Å²) in [6.45, 7) is 6.71. The summed E-state index contributed by atoms with van der Waals surface area (Å²) in [5, 5.41) is 3.23. The number of nitrogens with zero attached hydrogens (tertiary/aromatic N) is 2. The number of aromatic nitrogens is 1. The summed E-state index contributed by atoms with van der Waals surface area (Å²) in [6, 6.07) is 3.85. The number of carbonyl (C=O) groups excluding carboxylic acids is 1. The largest absolute Gasteiger partial charge is 0.370 e. The molecule has 1 aliphatic rings. The highest BCUT2D eigenvalue weighted by atomic mass is 32.2. The van der Waals surface area contributed by atoms with E-state index < -0.39 is 0 Å². The highest BCUT2D eigenvalue weighted by Gasteiger charge is 2.18. The van der Waals surface area contributed by atoms with Crippen LogP contribution in [-0.4, -0.2) is 46.9 Å². The second-order valence-corrected chi connectivity index (χ2v) is 6.50. The zero-order valence-electron chi connectivity index (χ0n) is 13.0. The van der Waals surface area contributed by atoms with Gasteiger partial charge in [0.1, 0.15) is 5.82 Å². The van der Waals surface area contributed by atoms with Gasteiger partial charge in [-0.1, -0.05) is 13.3 Å². The summed E-state index contributed by atoms with van der Waals surface area (Å²) >= 11 is 1.94. The molecule has 0 spiro atoms. The molecule has 2 heterocycles. The van der Waals surface area contributed by atoms with Gasteiger partial charge in [-0.2, -0.15) is 11.8 Å². The Morgan fingerprint density at radius 3 is 2.95 bits per heavy atom. The standard InChI is InChI=1S/C16H25N3OS/c1-3-6-14-11-13(12-15(18-14)17-4-2)16(20)19-7-5-9-21-10-8-19/h11-12H,3-10H2,1-2H3,(H,17,18). The summed E-state index contributed by atoms with van der Waals surface area (Å²) < 4.78 is 0. The number of hydrogen-bond donors (Lipinski definition) is 1. The molecule has 1 amide bonds. The monoisotopic (exact) mass is 307 g/mol. The molecule has 0 radical (unpaired) electrons. The van der Waals surface area contributed by atoms with E-state index in [1.54, 1.807) is 0 Å². The van der Waals surface area contributed by atoms with E-state index >= 15 is 0 Å². The maximum absolute atomic E-state index is 12.7. The van der Waals surface area contributed by atoms with Gasteiger partial charge in [0, 0.05) is 36.6 Å². The number of nitrogens with one attached hydrogen (secondary N) is 1. The molecule has 1 aliphatic heterocycles. The third-order valence-corrected chi connectivity index (χ3v) is 4.55. The Kier molecular flexibility index (Phi) is 6.36. The summed E-state index contributed by atoms with van der Waals surface area (Å²) in [4.78, 5) is 19.3. The molecular weight excluding hydrogens is 282 g/mol. The molecule has 1 aromatic rings. The minimum atomic E-state index is 0.149. The predicted octanol–water partition coefficient (Wildman–Crippen LogP) is 3.05. The first-order chi connectivity index (χ1) is 10.2. The molecule has 0 aliphatic carbocycles. The highest BCUT2D eigenvalue weighted by molar-refractivity contribution is 7.99. The van der Waals surface area contributed by atoms with Crippen LogP contribution < -0.4 is 5.32 Å². The van der Waals surface area contributed by atoms with Gasteiger partial charge >= 0.3 is 0 Å². The first kappa shape index (κ1) is 16.1. The molecule has 1 fully saturated rings. The van der Waals surface area contributed by atoms with Gasteiger partial charge in [0.15, 0.2) is 0 Å². The molecule has 4 nitrogen and oxygen atoms in total. The van der Waals surface area contributed by atoms with Crippen LogP contribution in [0.5, 0.6) is 0 Å². The third-order valence-electron chi connectivity index (χ3n) is 3.50. The van der Waals surface area contributed by atoms with Crippen LogP contribution in [0.2, 0.25) is 0 Å². The van der Waals surface area contributed by atoms with Gasteiger partial charge in [-0.3, -0.25) is 4.79 Å². The first-order valence-electron chi connectivity index (χ1n) is 7.86. The molecule has 0 bridgehead atoms. The Morgan fingerprint density at radius 2 is 2.19 bits per heavy atom. The van der Waals surface area contributed by atoms with Gasteiger partial charge in [0.25, 0.3) is 5.91 Å². The molecule has 0 atom stereocenters. The van der Waals surface area contributed by atoms with E-state index in [-0.39, 0.29) is 5.91 Å². The van der Waals surface area contributed by atoms with E-state index in [0.717, 1.165) is 67.5 Å². The van der Waals surface area contributed by atoms with E-state index in [9.17, 15) is 4.79 Å². The zero-order chi connectivity index (χ0) is 15.1. The third kappa shape index (κ3) is 4.63. The number of carbonyl (C=O) groups is 1. The van der Waals surface area contributed by atoms with Crippen LogP contribution in [-0.2, 0) is 6.42 Å². The second kappa shape index (κ2) is 8.27. The van der Waals surface area contributed by atoms with Crippen molar-refractivity contribution < 1.29 is 4.79 Å². The van der Waals surface area contributed by atoms with Crippen LogP contribution in [0.25, 0.3) is 0 Å². The minimum Gasteiger partial charge on any atom is -0.370 e. The number of pyridine rings is 1. The van der Waals surface area contributed by atoms with Crippen molar-refractivity contribution >= 4 is 23.5 Å². The molecule has 116 valence electrons. The molecule has 1 saturated heterocycles. The van der Waals surface area contributed by atoms with Gasteiger partial charge in [-0.15, -0.1) is 0 Å². The molecular formula is C16H25N3OS. The molecule has 0 unspecified atom stereocenters. The fourth-order valence-corrected chi connectivity index (χ4v) is 3.39. The number of rotatable bonds is 5. The molecule has 0 aromatic carbocycles. The molecule has 0 saturated carbocycles. The topological polar surface area (TPSA) is 45.2 Å². The van der Waals surface area contributed by atoms with E-state index in [4.69, 9.17) is 0 Å². The van der Waals surface area contributed by atoms with Crippen LogP contribution in [0.15, 0.2) is 12.1 Å². The number of aryl methyl sites for hydroxylation is 1. The van der Waals surface area contributed by atoms with Crippen LogP contribution in [0.1, 0.15) is 42.7 Å². The van der Waals surface area contributed by atoms with Gasteiger partial charge < -0.3 is 10.2 Å². The number of amides is 1. The average Bonchev–Trinajstić information content (AvgIpc) is 2.76. The fraction of sp³-hybridized carbons (Fsp3) is 0.625. The Bertz CT molecular complexity index is 446. The lowest BCUT2D eigenvalue weighted by atomic mass is 10.1. The number of anilines is 1. The normalized spacial score (nSPS) is 15.6. The van der Waals surface area contributed by atoms with Gasteiger partial charge in [0.05, 0.1) is 0 Å². The van der Waals surface area contributed by atoms with Crippen LogP contribution >= 0.6 is 11.8 Å². The number of hydrogen-bond acceptors (Lipinski definition) is 4. The van der Waals surface area contributed by atoms with E-state index in [1.165, 1.54) is 0 Å². The first-order valence-corrected chi connectivity index (χ1v) is 9.02. The molecule has 1 aromatic heterocycles. The smallest absolute Gasteiger partial charge is 0.254 e. The van der Waals surface area contributed by atoms with Crippen molar-refractivity contribution in [1.29, 1.82) is 0 Å². The van der Waals surface area contributed by atoms with Crippen molar-refractivity contribution in [2.75, 3.05) is 36.5 Å². The quantitative estimate of drug-likeness (QED) is 0.908. The minimum absolute atomic E-state index is 0.149. The lowest BCUT2D eigenvalue weighted by Gasteiger charge is -2.20. The van der Waals surface area contributed by atoms with Crippen molar-refractivity contribution in [2.45, 2.75) is 33.1 Å². The van der Waals surface area contributed by atoms with Crippen LogP contribution in [0.3, 0.4) is 0 Å². The average molecular weight is 307 g/mol. The SMILES string of the molecule is CCCc1cc(C(=O)N2CCCSCC2)cc(NCC)n1. The Balaban J connectivity index is 2.21. The highest BCUT2D eigenvalue weighted by Crippen LogP contribution is 2.17. The van der Waals surface area contributed by atoms with E-state index in [2.05, 4.69) is 17.2 Å². The Hall–Kier alpha value is -1.23. The summed E-state index contributed by atoms with van der Waals surface area (Å²) in [6.07, 6.45) is 3.04. The van der Waals surface area contributed by atoms with Gasteiger partial charge in [-0.25, -0.2) is 4.98 Å². The van der Waals surface area contributed by atoms with Crippen molar-refractivity contribution in [3.63, 3.8) is 0 Å². The van der Waals surface area contributed by atoms with E-state index in [0.29, 0.717) is 0 Å². The van der Waals surface area contributed by atoms with Gasteiger partial charge in [-0.05, 0) is 37.7 Å².